The molecule has 1 aromatic carbocycles. The molecule has 1 saturated carbocycles. The van der Waals surface area contributed by atoms with Crippen molar-refractivity contribution < 1.29 is 9.31 Å². The van der Waals surface area contributed by atoms with Crippen LogP contribution in [0.4, 0.5) is 10.1 Å². The van der Waals surface area contributed by atoms with Gasteiger partial charge in [0.25, 0.3) is 5.69 Å². The minimum absolute atomic E-state index is 0.164. The van der Waals surface area contributed by atoms with Gasteiger partial charge in [0.05, 0.1) is 10.5 Å². The maximum absolute atomic E-state index is 13.9. The first-order chi connectivity index (χ1) is 7.85. The van der Waals surface area contributed by atoms with Gasteiger partial charge in [0, 0.05) is 18.0 Å². The van der Waals surface area contributed by atoms with E-state index in [4.69, 9.17) is 5.73 Å². The maximum Gasteiger partial charge on any atom is 0.276 e. The number of nitro groups is 1. The molecule has 1 aromatic rings. The Morgan fingerprint density at radius 2 is 2.12 bits per heavy atom. The quantitative estimate of drug-likeness (QED) is 0.649. The number of rotatable bonds is 3. The van der Waals surface area contributed by atoms with E-state index >= 15 is 0 Å². The summed E-state index contributed by atoms with van der Waals surface area (Å²) in [6.07, 6.45) is 0.679. The zero-order valence-corrected chi connectivity index (χ0v) is 9.87. The smallest absolute Gasteiger partial charge is 0.276 e. The molecule has 1 aliphatic carbocycles. The molecule has 0 radical (unpaired) electrons. The minimum Gasteiger partial charge on any atom is -0.330 e. The van der Waals surface area contributed by atoms with Gasteiger partial charge < -0.3 is 5.73 Å². The Labute approximate surface area is 98.8 Å². The summed E-state index contributed by atoms with van der Waals surface area (Å²) in [5.41, 5.74) is 4.94. The Bertz CT molecular complexity index is 487. The number of nitro benzene ring substituents is 1. The van der Waals surface area contributed by atoms with Gasteiger partial charge in [-0.25, -0.2) is 4.39 Å². The van der Waals surface area contributed by atoms with Gasteiger partial charge in [-0.1, -0.05) is 19.9 Å². The van der Waals surface area contributed by atoms with Crippen molar-refractivity contribution in [1.82, 2.24) is 0 Å². The first-order valence-electron chi connectivity index (χ1n) is 5.49. The summed E-state index contributed by atoms with van der Waals surface area (Å²) in [4.78, 5) is 10.4. The van der Waals surface area contributed by atoms with E-state index < -0.39 is 16.2 Å². The highest BCUT2D eigenvalue weighted by Crippen LogP contribution is 2.65. The van der Waals surface area contributed by atoms with Gasteiger partial charge in [0.2, 0.25) is 0 Å². The van der Waals surface area contributed by atoms with E-state index in [0.29, 0.717) is 6.42 Å². The lowest BCUT2D eigenvalue weighted by Gasteiger charge is -2.19. The molecule has 0 aromatic heterocycles. The third kappa shape index (κ3) is 1.53. The third-order valence-corrected chi connectivity index (χ3v) is 3.93. The molecule has 1 aliphatic rings. The second-order valence-electron chi connectivity index (χ2n) is 5.24. The van der Waals surface area contributed by atoms with Crippen LogP contribution in [0.15, 0.2) is 18.2 Å². The number of halogens is 1. The van der Waals surface area contributed by atoms with Gasteiger partial charge in [-0.2, -0.15) is 0 Å². The van der Waals surface area contributed by atoms with Crippen molar-refractivity contribution in [2.24, 2.45) is 11.1 Å². The van der Waals surface area contributed by atoms with Crippen molar-refractivity contribution in [3.8, 4) is 0 Å². The van der Waals surface area contributed by atoms with Crippen LogP contribution in [0.1, 0.15) is 25.8 Å². The van der Waals surface area contributed by atoms with Gasteiger partial charge in [-0.05, 0) is 17.9 Å². The molecular formula is C12H15FN2O2. The van der Waals surface area contributed by atoms with E-state index in [1.807, 2.05) is 13.8 Å². The van der Waals surface area contributed by atoms with E-state index in [1.54, 1.807) is 0 Å². The molecule has 4 nitrogen and oxygen atoms in total. The lowest BCUT2D eigenvalue weighted by Crippen LogP contribution is -2.27. The monoisotopic (exact) mass is 238 g/mol. The Hall–Kier alpha value is -1.49. The summed E-state index contributed by atoms with van der Waals surface area (Å²) in [6, 6.07) is 3.95. The van der Waals surface area contributed by atoms with Crippen LogP contribution in [0.25, 0.3) is 0 Å². The molecule has 2 rings (SSSR count). The molecule has 1 atom stereocenters. The highest BCUT2D eigenvalue weighted by molar-refractivity contribution is 5.52. The van der Waals surface area contributed by atoms with Gasteiger partial charge in [0.15, 0.2) is 0 Å². The van der Waals surface area contributed by atoms with Crippen molar-refractivity contribution in [2.75, 3.05) is 6.54 Å². The largest absolute Gasteiger partial charge is 0.330 e. The van der Waals surface area contributed by atoms with Crippen LogP contribution in [0, 0.1) is 21.3 Å². The summed E-state index contributed by atoms with van der Waals surface area (Å²) in [7, 11) is 0. The molecule has 17 heavy (non-hydrogen) atoms. The van der Waals surface area contributed by atoms with Crippen LogP contribution in [0.3, 0.4) is 0 Å². The minimum atomic E-state index is -0.596. The SMILES string of the molecule is CC1(C)CC1(CN)c1c(F)cccc1[N+](=O)[O-]. The standard InChI is InChI=1S/C12H15FN2O2/c1-11(2)6-12(11,7-14)10-8(13)4-3-5-9(10)15(16)17/h3-5H,6-7,14H2,1-2H3. The number of benzene rings is 1. The van der Waals surface area contributed by atoms with Crippen molar-refractivity contribution in [1.29, 1.82) is 0 Å². The molecule has 0 spiro atoms. The summed E-state index contributed by atoms with van der Waals surface area (Å²) >= 11 is 0. The second-order valence-corrected chi connectivity index (χ2v) is 5.24. The first-order valence-corrected chi connectivity index (χ1v) is 5.49. The number of hydrogen-bond acceptors (Lipinski definition) is 3. The van der Waals surface area contributed by atoms with Crippen molar-refractivity contribution in [3.05, 3.63) is 39.7 Å². The van der Waals surface area contributed by atoms with Crippen LogP contribution < -0.4 is 5.73 Å². The molecule has 0 bridgehead atoms. The molecule has 2 N–H and O–H groups in total. The molecule has 5 heteroatoms. The predicted molar refractivity (Wildman–Crippen MR) is 62.2 cm³/mol. The Morgan fingerprint density at radius 1 is 1.53 bits per heavy atom. The van der Waals surface area contributed by atoms with Crippen molar-refractivity contribution in [2.45, 2.75) is 25.7 Å². The molecule has 92 valence electrons. The second kappa shape index (κ2) is 3.50. The molecule has 0 saturated heterocycles. The third-order valence-electron chi connectivity index (χ3n) is 3.93. The molecule has 0 aliphatic heterocycles. The average molecular weight is 238 g/mol. The van der Waals surface area contributed by atoms with Gasteiger partial charge >= 0.3 is 0 Å². The summed E-state index contributed by atoms with van der Waals surface area (Å²) in [5, 5.41) is 11.0. The van der Waals surface area contributed by atoms with Crippen LogP contribution in [-0.2, 0) is 5.41 Å². The number of hydrogen-bond donors (Lipinski definition) is 1. The van der Waals surface area contributed by atoms with Crippen molar-refractivity contribution >= 4 is 5.69 Å². The van der Waals surface area contributed by atoms with E-state index in [0.717, 1.165) is 0 Å². The van der Waals surface area contributed by atoms with Crippen LogP contribution in [-0.4, -0.2) is 11.5 Å². The topological polar surface area (TPSA) is 69.2 Å². The van der Waals surface area contributed by atoms with E-state index in [-0.39, 0.29) is 23.2 Å². The summed E-state index contributed by atoms with van der Waals surface area (Å²) in [5.74, 6) is -0.532. The van der Waals surface area contributed by atoms with Crippen LogP contribution >= 0.6 is 0 Å². The van der Waals surface area contributed by atoms with Gasteiger partial charge in [0.1, 0.15) is 5.82 Å². The molecule has 0 heterocycles. The molecule has 1 fully saturated rings. The molecular weight excluding hydrogens is 223 g/mol. The zero-order valence-electron chi connectivity index (χ0n) is 9.87. The fraction of sp³-hybridized carbons (Fsp3) is 0.500. The average Bonchev–Trinajstić information content (AvgIpc) is 2.81. The van der Waals surface area contributed by atoms with Crippen LogP contribution in [0.2, 0.25) is 0 Å². The maximum atomic E-state index is 13.9. The van der Waals surface area contributed by atoms with E-state index in [2.05, 4.69) is 0 Å². The Morgan fingerprint density at radius 3 is 2.53 bits per heavy atom. The molecule has 1 unspecified atom stereocenters. The zero-order chi connectivity index (χ0) is 12.8. The van der Waals surface area contributed by atoms with Crippen molar-refractivity contribution in [3.63, 3.8) is 0 Å². The predicted octanol–water partition coefficient (Wildman–Crippen LogP) is 2.36. The van der Waals surface area contributed by atoms with Gasteiger partial charge in [-0.15, -0.1) is 0 Å². The highest BCUT2D eigenvalue weighted by atomic mass is 19.1. The lowest BCUT2D eigenvalue weighted by atomic mass is 9.86. The normalized spacial score (nSPS) is 25.6. The number of nitrogens with two attached hydrogens (primary N) is 1. The first kappa shape index (κ1) is 12.0. The molecule has 0 amide bonds. The highest BCUT2D eigenvalue weighted by Gasteiger charge is 2.64. The fourth-order valence-corrected chi connectivity index (χ4v) is 2.73. The Balaban J connectivity index is 2.64. The van der Waals surface area contributed by atoms with Gasteiger partial charge in [-0.3, -0.25) is 10.1 Å². The van der Waals surface area contributed by atoms with E-state index in [1.165, 1.54) is 18.2 Å². The lowest BCUT2D eigenvalue weighted by molar-refractivity contribution is -0.386. The summed E-state index contributed by atoms with van der Waals surface area (Å²) in [6.45, 7) is 4.13. The number of nitrogens with zero attached hydrogens (tertiary/aromatic N) is 1. The van der Waals surface area contributed by atoms with Crippen LogP contribution in [0.5, 0.6) is 0 Å². The summed E-state index contributed by atoms with van der Waals surface area (Å²) < 4.78 is 13.9. The van der Waals surface area contributed by atoms with E-state index in [9.17, 15) is 14.5 Å². The fourth-order valence-electron chi connectivity index (χ4n) is 2.73. The Kier molecular flexibility index (Phi) is 2.47.